The Morgan fingerprint density at radius 2 is 1.82 bits per heavy atom. The van der Waals surface area contributed by atoms with Gasteiger partial charge in [-0.25, -0.2) is 8.78 Å². The third kappa shape index (κ3) is 2.41. The van der Waals surface area contributed by atoms with Gasteiger partial charge >= 0.3 is 0 Å². The summed E-state index contributed by atoms with van der Waals surface area (Å²) in [5.41, 5.74) is 0.931. The molecule has 0 unspecified atom stereocenters. The van der Waals surface area contributed by atoms with Crippen LogP contribution >= 0.6 is 0 Å². The third-order valence-corrected chi connectivity index (χ3v) is 3.53. The number of carbonyl (C=O) groups is 1. The maximum atomic E-state index is 13.2. The lowest BCUT2D eigenvalue weighted by Gasteiger charge is -2.17. The summed E-state index contributed by atoms with van der Waals surface area (Å²) in [5, 5.41) is 10.8. The molecule has 7 heteroatoms. The zero-order chi connectivity index (χ0) is 15.9. The van der Waals surface area contributed by atoms with E-state index in [4.69, 9.17) is 0 Å². The number of hydrogen-bond acceptors (Lipinski definition) is 3. The molecule has 1 aliphatic rings. The Kier molecular flexibility index (Phi) is 3.32. The van der Waals surface area contributed by atoms with Crippen molar-refractivity contribution in [1.29, 1.82) is 0 Å². The summed E-state index contributed by atoms with van der Waals surface area (Å²) in [5.74, 6) is -2.28. The van der Waals surface area contributed by atoms with Crippen LogP contribution in [0.15, 0.2) is 36.4 Å². The van der Waals surface area contributed by atoms with E-state index in [2.05, 4.69) is 0 Å². The highest BCUT2D eigenvalue weighted by molar-refractivity contribution is 6.07. The molecule has 0 spiro atoms. The van der Waals surface area contributed by atoms with Crippen LogP contribution in [0.3, 0.4) is 0 Å². The van der Waals surface area contributed by atoms with E-state index in [1.165, 1.54) is 17.0 Å². The first-order valence-electron chi connectivity index (χ1n) is 6.51. The number of anilines is 1. The molecular weight excluding hydrogens is 294 g/mol. The van der Waals surface area contributed by atoms with Gasteiger partial charge in [0.25, 0.3) is 11.6 Å². The number of rotatable bonds is 2. The molecule has 0 aromatic heterocycles. The first kappa shape index (κ1) is 14.1. The summed E-state index contributed by atoms with van der Waals surface area (Å²) in [4.78, 5) is 24.0. The summed E-state index contributed by atoms with van der Waals surface area (Å²) in [6.07, 6.45) is 0.539. The fraction of sp³-hybridized carbons (Fsp3) is 0.133. The standard InChI is InChI=1S/C15H10F2N2O3/c16-11-5-10(6-12(17)7-11)15(20)18-4-3-9-1-2-13(19(21)22)8-14(9)18/h1-2,5-8H,3-4H2. The lowest BCUT2D eigenvalue weighted by Crippen LogP contribution is -2.29. The molecule has 0 atom stereocenters. The van der Waals surface area contributed by atoms with Gasteiger partial charge in [0, 0.05) is 30.3 Å². The van der Waals surface area contributed by atoms with Gasteiger partial charge < -0.3 is 4.90 Å². The second kappa shape index (κ2) is 5.18. The predicted octanol–water partition coefficient (Wildman–Crippen LogP) is 3.08. The lowest BCUT2D eigenvalue weighted by molar-refractivity contribution is -0.384. The SMILES string of the molecule is O=C(c1cc(F)cc(F)c1)N1CCc2ccc([N+](=O)[O-])cc21. The van der Waals surface area contributed by atoms with E-state index in [-0.39, 0.29) is 11.3 Å². The molecule has 0 aliphatic carbocycles. The number of nitro groups is 1. The van der Waals surface area contributed by atoms with Crippen LogP contribution in [-0.4, -0.2) is 17.4 Å². The van der Waals surface area contributed by atoms with Crippen LogP contribution in [0.25, 0.3) is 0 Å². The third-order valence-electron chi connectivity index (χ3n) is 3.53. The molecule has 112 valence electrons. The van der Waals surface area contributed by atoms with Crippen LogP contribution in [0.2, 0.25) is 0 Å². The maximum Gasteiger partial charge on any atom is 0.271 e. The Balaban J connectivity index is 2.00. The number of carbonyl (C=O) groups excluding carboxylic acids is 1. The summed E-state index contributed by atoms with van der Waals surface area (Å²) in [6.45, 7) is 0.313. The van der Waals surface area contributed by atoms with Gasteiger partial charge in [0.05, 0.1) is 10.6 Å². The first-order valence-corrected chi connectivity index (χ1v) is 6.51. The molecule has 0 bridgehead atoms. The van der Waals surface area contributed by atoms with Crippen molar-refractivity contribution in [1.82, 2.24) is 0 Å². The molecule has 0 radical (unpaired) electrons. The van der Waals surface area contributed by atoms with Crippen molar-refractivity contribution >= 4 is 17.3 Å². The predicted molar refractivity (Wildman–Crippen MR) is 74.8 cm³/mol. The van der Waals surface area contributed by atoms with E-state index in [0.29, 0.717) is 24.7 Å². The van der Waals surface area contributed by atoms with E-state index in [1.54, 1.807) is 6.07 Å². The van der Waals surface area contributed by atoms with Gasteiger partial charge in [-0.05, 0) is 24.1 Å². The molecule has 0 fully saturated rings. The van der Waals surface area contributed by atoms with Crippen molar-refractivity contribution in [3.8, 4) is 0 Å². The molecule has 1 aliphatic heterocycles. The van der Waals surface area contributed by atoms with E-state index < -0.39 is 22.5 Å². The van der Waals surface area contributed by atoms with Crippen molar-refractivity contribution < 1.29 is 18.5 Å². The highest BCUT2D eigenvalue weighted by Crippen LogP contribution is 2.32. The zero-order valence-electron chi connectivity index (χ0n) is 11.3. The van der Waals surface area contributed by atoms with E-state index in [9.17, 15) is 23.7 Å². The molecule has 3 rings (SSSR count). The smallest absolute Gasteiger partial charge is 0.271 e. The molecule has 1 heterocycles. The minimum atomic E-state index is -0.846. The number of hydrogen-bond donors (Lipinski definition) is 0. The van der Waals surface area contributed by atoms with Crippen molar-refractivity contribution in [2.75, 3.05) is 11.4 Å². The number of benzene rings is 2. The number of fused-ring (bicyclic) bond motifs is 1. The van der Waals surface area contributed by atoms with Crippen molar-refractivity contribution in [3.63, 3.8) is 0 Å². The number of non-ortho nitro benzene ring substituents is 1. The van der Waals surface area contributed by atoms with Gasteiger partial charge in [-0.3, -0.25) is 14.9 Å². The second-order valence-electron chi connectivity index (χ2n) is 4.94. The number of amides is 1. The molecule has 22 heavy (non-hydrogen) atoms. The highest BCUT2D eigenvalue weighted by Gasteiger charge is 2.28. The lowest BCUT2D eigenvalue weighted by atomic mass is 10.1. The van der Waals surface area contributed by atoms with Gasteiger partial charge in [-0.2, -0.15) is 0 Å². The van der Waals surface area contributed by atoms with Gasteiger partial charge in [-0.15, -0.1) is 0 Å². The average Bonchev–Trinajstić information content (AvgIpc) is 2.88. The van der Waals surface area contributed by atoms with Crippen molar-refractivity contribution in [3.05, 3.63) is 69.3 Å². The topological polar surface area (TPSA) is 63.5 Å². The molecule has 5 nitrogen and oxygen atoms in total. The van der Waals surface area contributed by atoms with Crippen LogP contribution in [0.5, 0.6) is 0 Å². The molecular formula is C15H10F2N2O3. The van der Waals surface area contributed by atoms with Crippen LogP contribution in [0, 0.1) is 21.7 Å². The number of nitrogens with zero attached hydrogens (tertiary/aromatic N) is 2. The average molecular weight is 304 g/mol. The van der Waals surface area contributed by atoms with Crippen molar-refractivity contribution in [2.24, 2.45) is 0 Å². The fourth-order valence-electron chi connectivity index (χ4n) is 2.53. The Morgan fingerprint density at radius 1 is 1.14 bits per heavy atom. The quantitative estimate of drug-likeness (QED) is 0.632. The van der Waals surface area contributed by atoms with Crippen LogP contribution in [0.1, 0.15) is 15.9 Å². The van der Waals surface area contributed by atoms with Gasteiger partial charge in [0.1, 0.15) is 11.6 Å². The van der Waals surface area contributed by atoms with Crippen molar-refractivity contribution in [2.45, 2.75) is 6.42 Å². The Bertz CT molecular complexity index is 772. The maximum absolute atomic E-state index is 13.2. The summed E-state index contributed by atoms with van der Waals surface area (Å²) < 4.78 is 26.5. The van der Waals surface area contributed by atoms with Gasteiger partial charge in [0.15, 0.2) is 0 Å². The highest BCUT2D eigenvalue weighted by atomic mass is 19.1. The largest absolute Gasteiger partial charge is 0.307 e. The van der Waals surface area contributed by atoms with E-state index in [0.717, 1.165) is 17.7 Å². The zero-order valence-corrected chi connectivity index (χ0v) is 11.3. The summed E-state index contributed by atoms with van der Waals surface area (Å²) >= 11 is 0. The van der Waals surface area contributed by atoms with Crippen LogP contribution in [0.4, 0.5) is 20.2 Å². The molecule has 2 aromatic rings. The van der Waals surface area contributed by atoms with E-state index in [1.807, 2.05) is 0 Å². The minimum absolute atomic E-state index is 0.128. The fourth-order valence-corrected chi connectivity index (χ4v) is 2.53. The molecule has 0 saturated heterocycles. The molecule has 2 aromatic carbocycles. The molecule has 0 saturated carbocycles. The Labute approximate surface area is 123 Å². The first-order chi connectivity index (χ1) is 10.5. The summed E-state index contributed by atoms with van der Waals surface area (Å²) in [6, 6.07) is 6.83. The Hall–Kier alpha value is -2.83. The summed E-state index contributed by atoms with van der Waals surface area (Å²) in [7, 11) is 0. The Morgan fingerprint density at radius 3 is 2.45 bits per heavy atom. The normalized spacial score (nSPS) is 13.1. The van der Waals surface area contributed by atoms with Gasteiger partial charge in [-0.1, -0.05) is 6.07 Å². The number of nitro benzene ring substituents is 1. The van der Waals surface area contributed by atoms with Crippen LogP contribution in [-0.2, 0) is 6.42 Å². The van der Waals surface area contributed by atoms with Crippen LogP contribution < -0.4 is 4.90 Å². The minimum Gasteiger partial charge on any atom is -0.307 e. The number of halogens is 2. The second-order valence-corrected chi connectivity index (χ2v) is 4.94. The molecule has 1 amide bonds. The van der Waals surface area contributed by atoms with Gasteiger partial charge in [0.2, 0.25) is 0 Å². The monoisotopic (exact) mass is 304 g/mol. The molecule has 0 N–H and O–H groups in total. The van der Waals surface area contributed by atoms with E-state index >= 15 is 0 Å².